The summed E-state index contributed by atoms with van der Waals surface area (Å²) < 4.78 is 11.8. The van der Waals surface area contributed by atoms with Gasteiger partial charge in [0, 0.05) is 13.0 Å². The van der Waals surface area contributed by atoms with E-state index in [9.17, 15) is 4.79 Å². The smallest absolute Gasteiger partial charge is 0.342 e. The number of allylic oxidation sites excluding steroid dienone is 3. The van der Waals surface area contributed by atoms with E-state index in [0.29, 0.717) is 25.6 Å². The molecule has 0 spiro atoms. The summed E-state index contributed by atoms with van der Waals surface area (Å²) in [5, 5.41) is 0. The van der Waals surface area contributed by atoms with Crippen LogP contribution in [-0.2, 0) is 14.3 Å². The molecule has 2 atom stereocenters. The molecule has 29 heavy (non-hydrogen) atoms. The van der Waals surface area contributed by atoms with Gasteiger partial charge in [-0.15, -0.1) is 6.58 Å². The van der Waals surface area contributed by atoms with Gasteiger partial charge in [0.25, 0.3) is 0 Å². The van der Waals surface area contributed by atoms with E-state index in [4.69, 9.17) is 9.47 Å². The maximum absolute atomic E-state index is 12.9. The Morgan fingerprint density at radius 1 is 1.21 bits per heavy atom. The molecule has 0 aromatic heterocycles. The number of rotatable bonds is 13. The zero-order chi connectivity index (χ0) is 21.0. The second kappa shape index (κ2) is 12.4. The highest BCUT2D eigenvalue weighted by Crippen LogP contribution is 2.31. The molecule has 0 bridgehead atoms. The molecule has 0 amide bonds. The van der Waals surface area contributed by atoms with Crippen molar-refractivity contribution in [2.45, 2.75) is 64.4 Å². The third kappa shape index (κ3) is 7.32. The van der Waals surface area contributed by atoms with Gasteiger partial charge in [-0.3, -0.25) is 0 Å². The van der Waals surface area contributed by atoms with E-state index in [1.807, 2.05) is 36.4 Å². The first-order valence-corrected chi connectivity index (χ1v) is 11.0. The molecule has 3 nitrogen and oxygen atoms in total. The fraction of sp³-hybridized carbons (Fsp3) is 0.500. The minimum atomic E-state index is -1.01. The Balaban J connectivity index is 1.99. The summed E-state index contributed by atoms with van der Waals surface area (Å²) in [7, 11) is 0. The van der Waals surface area contributed by atoms with Gasteiger partial charge in [-0.05, 0) is 42.4 Å². The standard InChI is InChI=1S/C26H36O3/c1-4-6-7-8-9-13-20-29-26(25(27)28-21-22(3)5-2)18-16-24(17-19-26)23-14-11-10-12-15-23/h4,10-12,14-18,22H,1,5-9,13,19-21H2,2-3H3. The Hall–Kier alpha value is -2.13. The summed E-state index contributed by atoms with van der Waals surface area (Å²) >= 11 is 0. The molecule has 0 saturated heterocycles. The van der Waals surface area contributed by atoms with E-state index in [1.54, 1.807) is 0 Å². The second-order valence-electron chi connectivity index (χ2n) is 7.90. The van der Waals surface area contributed by atoms with E-state index >= 15 is 0 Å². The van der Waals surface area contributed by atoms with Gasteiger partial charge in [-0.1, -0.05) is 81.7 Å². The summed E-state index contributed by atoms with van der Waals surface area (Å²) in [4.78, 5) is 12.9. The maximum Gasteiger partial charge on any atom is 0.342 e. The van der Waals surface area contributed by atoms with Crippen LogP contribution < -0.4 is 0 Å². The third-order valence-corrected chi connectivity index (χ3v) is 5.47. The van der Waals surface area contributed by atoms with Crippen molar-refractivity contribution in [1.82, 2.24) is 0 Å². The molecule has 0 aliphatic heterocycles. The van der Waals surface area contributed by atoms with E-state index in [-0.39, 0.29) is 5.97 Å². The quantitative estimate of drug-likeness (QED) is 0.216. The number of unbranched alkanes of at least 4 members (excludes halogenated alkanes) is 4. The van der Waals surface area contributed by atoms with Crippen molar-refractivity contribution in [2.75, 3.05) is 13.2 Å². The van der Waals surface area contributed by atoms with Crippen LogP contribution in [0, 0.1) is 5.92 Å². The monoisotopic (exact) mass is 396 g/mol. The predicted octanol–water partition coefficient (Wildman–Crippen LogP) is 6.51. The molecule has 0 radical (unpaired) electrons. The highest BCUT2D eigenvalue weighted by atomic mass is 16.6. The SMILES string of the molecule is C=CCCCCCCOC1(C(=O)OCC(C)CC)C=CC(c2ccccc2)=CC1. The summed E-state index contributed by atoms with van der Waals surface area (Å²) in [6.07, 6.45) is 14.8. The van der Waals surface area contributed by atoms with Gasteiger partial charge in [-0.2, -0.15) is 0 Å². The molecule has 1 aliphatic rings. The van der Waals surface area contributed by atoms with Gasteiger partial charge >= 0.3 is 5.97 Å². The van der Waals surface area contributed by atoms with Crippen molar-refractivity contribution in [3.63, 3.8) is 0 Å². The first-order valence-electron chi connectivity index (χ1n) is 11.0. The second-order valence-corrected chi connectivity index (χ2v) is 7.90. The number of hydrogen-bond acceptors (Lipinski definition) is 3. The van der Waals surface area contributed by atoms with E-state index < -0.39 is 5.60 Å². The molecular weight excluding hydrogens is 360 g/mol. The fourth-order valence-corrected chi connectivity index (χ4v) is 3.24. The Bertz CT molecular complexity index is 689. The molecular formula is C26H36O3. The predicted molar refractivity (Wildman–Crippen MR) is 121 cm³/mol. The Labute approximate surface area is 176 Å². The average molecular weight is 397 g/mol. The summed E-state index contributed by atoms with van der Waals surface area (Å²) in [5.74, 6) is 0.0768. The number of esters is 1. The van der Waals surface area contributed by atoms with Crippen LogP contribution in [0.1, 0.15) is 64.4 Å². The van der Waals surface area contributed by atoms with Gasteiger partial charge in [0.2, 0.25) is 0 Å². The molecule has 2 unspecified atom stereocenters. The van der Waals surface area contributed by atoms with Gasteiger partial charge in [0.1, 0.15) is 0 Å². The van der Waals surface area contributed by atoms with Crippen LogP contribution in [0.2, 0.25) is 0 Å². The van der Waals surface area contributed by atoms with Crippen molar-refractivity contribution < 1.29 is 14.3 Å². The molecule has 0 fully saturated rings. The van der Waals surface area contributed by atoms with Crippen LogP contribution in [0.15, 0.2) is 61.2 Å². The zero-order valence-electron chi connectivity index (χ0n) is 18.1. The van der Waals surface area contributed by atoms with Gasteiger partial charge in [-0.25, -0.2) is 4.79 Å². The summed E-state index contributed by atoms with van der Waals surface area (Å²) in [6, 6.07) is 10.2. The van der Waals surface area contributed by atoms with Crippen LogP contribution >= 0.6 is 0 Å². The highest BCUT2D eigenvalue weighted by Gasteiger charge is 2.39. The van der Waals surface area contributed by atoms with Gasteiger partial charge in [0.15, 0.2) is 5.60 Å². The summed E-state index contributed by atoms with van der Waals surface area (Å²) in [6.45, 7) is 8.95. The lowest BCUT2D eigenvalue weighted by Crippen LogP contribution is -2.42. The van der Waals surface area contributed by atoms with Crippen molar-refractivity contribution in [1.29, 1.82) is 0 Å². The van der Waals surface area contributed by atoms with Crippen LogP contribution in [-0.4, -0.2) is 24.8 Å². The first-order chi connectivity index (χ1) is 14.1. The van der Waals surface area contributed by atoms with Crippen LogP contribution in [0.3, 0.4) is 0 Å². The van der Waals surface area contributed by atoms with Crippen molar-refractivity contribution >= 4 is 11.5 Å². The van der Waals surface area contributed by atoms with Gasteiger partial charge < -0.3 is 9.47 Å². The fourth-order valence-electron chi connectivity index (χ4n) is 3.24. The molecule has 0 N–H and O–H groups in total. The lowest BCUT2D eigenvalue weighted by atomic mass is 9.89. The van der Waals surface area contributed by atoms with Crippen LogP contribution in [0.25, 0.3) is 5.57 Å². The first kappa shape index (κ1) is 23.2. The largest absolute Gasteiger partial charge is 0.463 e. The molecule has 1 aliphatic carbocycles. The maximum atomic E-state index is 12.9. The van der Waals surface area contributed by atoms with E-state index in [0.717, 1.165) is 49.7 Å². The minimum Gasteiger partial charge on any atom is -0.463 e. The summed E-state index contributed by atoms with van der Waals surface area (Å²) in [5.41, 5.74) is 1.25. The molecule has 0 saturated carbocycles. The molecule has 3 heteroatoms. The minimum absolute atomic E-state index is 0.274. The number of benzene rings is 1. The lowest BCUT2D eigenvalue weighted by Gasteiger charge is -2.31. The lowest BCUT2D eigenvalue weighted by molar-refractivity contribution is -0.167. The highest BCUT2D eigenvalue weighted by molar-refractivity contribution is 5.86. The van der Waals surface area contributed by atoms with Crippen molar-refractivity contribution in [3.05, 3.63) is 66.8 Å². The van der Waals surface area contributed by atoms with Crippen LogP contribution in [0.5, 0.6) is 0 Å². The van der Waals surface area contributed by atoms with Gasteiger partial charge in [0.05, 0.1) is 6.61 Å². The number of ether oxygens (including phenoxy) is 2. The normalized spacial score (nSPS) is 19.4. The average Bonchev–Trinajstić information content (AvgIpc) is 2.77. The topological polar surface area (TPSA) is 35.5 Å². The van der Waals surface area contributed by atoms with E-state index in [1.165, 1.54) is 0 Å². The molecule has 158 valence electrons. The number of carbonyl (C=O) groups excluding carboxylic acids is 1. The molecule has 1 aromatic carbocycles. The van der Waals surface area contributed by atoms with Crippen molar-refractivity contribution in [3.8, 4) is 0 Å². The third-order valence-electron chi connectivity index (χ3n) is 5.47. The van der Waals surface area contributed by atoms with E-state index in [2.05, 4.69) is 38.6 Å². The molecule has 2 rings (SSSR count). The number of hydrogen-bond donors (Lipinski definition) is 0. The molecule has 1 aromatic rings. The zero-order valence-corrected chi connectivity index (χ0v) is 18.1. The Morgan fingerprint density at radius 3 is 2.62 bits per heavy atom. The Kier molecular flexibility index (Phi) is 9.93. The Morgan fingerprint density at radius 2 is 1.97 bits per heavy atom. The molecule has 0 heterocycles. The number of carbonyl (C=O) groups is 1. The van der Waals surface area contributed by atoms with Crippen LogP contribution in [0.4, 0.5) is 0 Å². The van der Waals surface area contributed by atoms with Crippen molar-refractivity contribution in [2.24, 2.45) is 5.92 Å².